The van der Waals surface area contributed by atoms with Crippen LogP contribution in [0.1, 0.15) is 45.6 Å². The van der Waals surface area contributed by atoms with Crippen molar-refractivity contribution in [3.8, 4) is 11.5 Å². The molecular weight excluding hydrogens is 414 g/mol. The van der Waals surface area contributed by atoms with Gasteiger partial charge in [-0.05, 0) is 49.1 Å². The number of aromatic nitrogens is 2. The standard InChI is InChI=1S/C23H23N3O4S/c1-11-4-7-18(31-11)20-19-14(24-22-21(20)23(28)26-25-22)8-13(9-15(19)27)12-5-6-16(29-2)17(10-12)30-3/h4-7,10,13,20H,8-9H2,1-3H3,(H3,24,25,26,28)/t13-,20-/m0/s1. The molecule has 2 aromatic heterocycles. The summed E-state index contributed by atoms with van der Waals surface area (Å²) in [4.78, 5) is 28.2. The highest BCUT2D eigenvalue weighted by Gasteiger charge is 2.41. The predicted octanol–water partition coefficient (Wildman–Crippen LogP) is 4.05. The number of ketones is 1. The number of rotatable bonds is 4. The number of anilines is 1. The molecule has 5 rings (SSSR count). The van der Waals surface area contributed by atoms with Gasteiger partial charge < -0.3 is 14.8 Å². The van der Waals surface area contributed by atoms with Gasteiger partial charge in [0.1, 0.15) is 5.82 Å². The summed E-state index contributed by atoms with van der Waals surface area (Å²) in [5.41, 5.74) is 2.99. The molecule has 2 aliphatic rings. The van der Waals surface area contributed by atoms with Gasteiger partial charge in [-0.15, -0.1) is 11.3 Å². The summed E-state index contributed by atoms with van der Waals surface area (Å²) in [5.74, 6) is 1.67. The molecule has 2 atom stereocenters. The SMILES string of the molecule is COc1ccc([C@@H]2CC(=O)C3=C(C2)Nc2[nH][nH]c(=O)c2[C@H]3c2ccc(C)s2)cc1OC. The minimum atomic E-state index is -0.348. The van der Waals surface area contributed by atoms with Crippen molar-refractivity contribution in [3.05, 3.63) is 72.8 Å². The van der Waals surface area contributed by atoms with Crippen molar-refractivity contribution in [2.45, 2.75) is 31.6 Å². The van der Waals surface area contributed by atoms with Gasteiger partial charge in [-0.25, -0.2) is 0 Å². The first-order valence-corrected chi connectivity index (χ1v) is 10.9. The third kappa shape index (κ3) is 3.18. The van der Waals surface area contributed by atoms with E-state index in [1.54, 1.807) is 25.6 Å². The fourth-order valence-corrected chi connectivity index (χ4v) is 5.65. The summed E-state index contributed by atoms with van der Waals surface area (Å²) in [7, 11) is 3.21. The summed E-state index contributed by atoms with van der Waals surface area (Å²) in [6.07, 6.45) is 1.05. The van der Waals surface area contributed by atoms with Gasteiger partial charge in [0.2, 0.25) is 0 Å². The van der Waals surface area contributed by atoms with Crippen LogP contribution >= 0.6 is 11.3 Å². The summed E-state index contributed by atoms with van der Waals surface area (Å²) >= 11 is 1.62. The molecule has 1 aliphatic heterocycles. The van der Waals surface area contributed by atoms with Gasteiger partial charge in [-0.3, -0.25) is 19.8 Å². The summed E-state index contributed by atoms with van der Waals surface area (Å²) in [5, 5.41) is 8.94. The number of allylic oxidation sites excluding steroid dienone is 2. The summed E-state index contributed by atoms with van der Waals surface area (Å²) < 4.78 is 10.8. The highest BCUT2D eigenvalue weighted by atomic mass is 32.1. The molecule has 0 radical (unpaired) electrons. The third-order valence-electron chi connectivity index (χ3n) is 6.10. The van der Waals surface area contributed by atoms with E-state index in [-0.39, 0.29) is 23.2 Å². The minimum absolute atomic E-state index is 0.0106. The molecule has 1 aromatic carbocycles. The number of methoxy groups -OCH3 is 2. The Bertz CT molecular complexity index is 1270. The number of thiophene rings is 1. The highest BCUT2D eigenvalue weighted by molar-refractivity contribution is 7.12. The van der Waals surface area contributed by atoms with Crippen LogP contribution in [0.4, 0.5) is 5.82 Å². The smallest absolute Gasteiger partial charge is 0.270 e. The predicted molar refractivity (Wildman–Crippen MR) is 119 cm³/mol. The van der Waals surface area contributed by atoms with Crippen molar-refractivity contribution in [1.82, 2.24) is 10.2 Å². The van der Waals surface area contributed by atoms with Gasteiger partial charge in [0.15, 0.2) is 17.3 Å². The third-order valence-corrected chi connectivity index (χ3v) is 7.17. The number of hydrogen-bond acceptors (Lipinski definition) is 6. The van der Waals surface area contributed by atoms with E-state index in [1.165, 1.54) is 0 Å². The molecule has 1 aliphatic carbocycles. The second-order valence-corrected chi connectivity index (χ2v) is 9.23. The Labute approximate surface area is 183 Å². The fourth-order valence-electron chi connectivity index (χ4n) is 4.66. The van der Waals surface area contributed by atoms with E-state index in [4.69, 9.17) is 9.47 Å². The average molecular weight is 438 g/mol. The molecular formula is C23H23N3O4S. The van der Waals surface area contributed by atoms with Crippen molar-refractivity contribution >= 4 is 22.9 Å². The maximum absolute atomic E-state index is 13.5. The lowest BCUT2D eigenvalue weighted by Crippen LogP contribution is -2.31. The second-order valence-electron chi connectivity index (χ2n) is 7.91. The second kappa shape index (κ2) is 7.46. The zero-order valence-corrected chi connectivity index (χ0v) is 18.3. The van der Waals surface area contributed by atoms with Crippen molar-refractivity contribution in [2.24, 2.45) is 0 Å². The molecule has 3 aromatic rings. The van der Waals surface area contributed by atoms with Crippen LogP contribution in [-0.2, 0) is 4.79 Å². The zero-order chi connectivity index (χ0) is 21.7. The molecule has 31 heavy (non-hydrogen) atoms. The van der Waals surface area contributed by atoms with Crippen LogP contribution in [0.25, 0.3) is 0 Å². The first kappa shape index (κ1) is 19.7. The Morgan fingerprint density at radius 2 is 1.81 bits per heavy atom. The van der Waals surface area contributed by atoms with Gasteiger partial charge >= 0.3 is 0 Å². The Balaban J connectivity index is 1.58. The number of Topliss-reactive ketones (excluding diaryl/α,β-unsaturated/α-hetero) is 1. The van der Waals surface area contributed by atoms with Crippen LogP contribution in [0.15, 0.2) is 46.4 Å². The average Bonchev–Trinajstić information content (AvgIpc) is 3.37. The van der Waals surface area contributed by atoms with E-state index < -0.39 is 0 Å². The number of aryl methyl sites for hydroxylation is 1. The zero-order valence-electron chi connectivity index (χ0n) is 17.5. The monoisotopic (exact) mass is 437 g/mol. The van der Waals surface area contributed by atoms with Crippen molar-refractivity contribution in [2.75, 3.05) is 19.5 Å². The number of ether oxygens (including phenoxy) is 2. The Kier molecular flexibility index (Phi) is 4.74. The van der Waals surface area contributed by atoms with Crippen LogP contribution in [0.2, 0.25) is 0 Å². The molecule has 0 saturated heterocycles. The number of benzene rings is 1. The van der Waals surface area contributed by atoms with Crippen molar-refractivity contribution in [3.63, 3.8) is 0 Å². The number of fused-ring (bicyclic) bond motifs is 1. The molecule has 8 heteroatoms. The maximum atomic E-state index is 13.5. The van der Waals surface area contributed by atoms with E-state index in [2.05, 4.69) is 15.5 Å². The topological polar surface area (TPSA) is 96.2 Å². The van der Waals surface area contributed by atoms with Crippen molar-refractivity contribution in [1.29, 1.82) is 0 Å². The minimum Gasteiger partial charge on any atom is -0.493 e. The first-order valence-electron chi connectivity index (χ1n) is 10.1. The van der Waals surface area contributed by atoms with Gasteiger partial charge in [0.25, 0.3) is 5.56 Å². The molecule has 0 spiro atoms. The molecule has 0 fully saturated rings. The summed E-state index contributed by atoms with van der Waals surface area (Å²) in [6, 6.07) is 9.84. The van der Waals surface area contributed by atoms with Crippen LogP contribution in [0.5, 0.6) is 11.5 Å². The number of carbonyl (C=O) groups excluding carboxylic acids is 1. The molecule has 7 nitrogen and oxygen atoms in total. The molecule has 0 unspecified atom stereocenters. The van der Waals surface area contributed by atoms with Crippen LogP contribution in [-0.4, -0.2) is 30.2 Å². The lowest BCUT2D eigenvalue weighted by atomic mass is 9.74. The quantitative estimate of drug-likeness (QED) is 0.572. The van der Waals surface area contributed by atoms with Gasteiger partial charge in [0.05, 0.1) is 25.7 Å². The lowest BCUT2D eigenvalue weighted by molar-refractivity contribution is -0.116. The van der Waals surface area contributed by atoms with E-state index >= 15 is 0 Å². The van der Waals surface area contributed by atoms with Crippen LogP contribution in [0, 0.1) is 6.92 Å². The van der Waals surface area contributed by atoms with E-state index in [9.17, 15) is 9.59 Å². The Hall–Kier alpha value is -3.26. The lowest BCUT2D eigenvalue weighted by Gasteiger charge is -2.34. The van der Waals surface area contributed by atoms with Gasteiger partial charge in [-0.1, -0.05) is 6.07 Å². The molecule has 160 valence electrons. The van der Waals surface area contributed by atoms with E-state index in [0.717, 1.165) is 21.0 Å². The highest BCUT2D eigenvalue weighted by Crippen LogP contribution is 2.48. The van der Waals surface area contributed by atoms with E-state index in [0.29, 0.717) is 41.3 Å². The number of H-pyrrole nitrogens is 2. The number of aromatic amines is 2. The van der Waals surface area contributed by atoms with E-state index in [1.807, 2.05) is 37.3 Å². The largest absolute Gasteiger partial charge is 0.493 e. The Morgan fingerprint density at radius 3 is 2.52 bits per heavy atom. The van der Waals surface area contributed by atoms with Gasteiger partial charge in [0, 0.05) is 27.4 Å². The molecule has 0 bridgehead atoms. The number of hydrogen-bond donors (Lipinski definition) is 3. The van der Waals surface area contributed by atoms with Crippen molar-refractivity contribution < 1.29 is 14.3 Å². The molecule has 0 amide bonds. The van der Waals surface area contributed by atoms with Crippen LogP contribution in [0.3, 0.4) is 0 Å². The molecule has 0 saturated carbocycles. The molecule has 3 heterocycles. The molecule has 3 N–H and O–H groups in total. The normalized spacial score (nSPS) is 20.2. The maximum Gasteiger partial charge on any atom is 0.270 e. The Morgan fingerprint density at radius 1 is 1.00 bits per heavy atom. The fraction of sp³-hybridized carbons (Fsp3) is 0.304. The number of nitrogens with one attached hydrogen (secondary N) is 3. The summed E-state index contributed by atoms with van der Waals surface area (Å²) in [6.45, 7) is 2.03. The first-order chi connectivity index (χ1) is 15.0. The number of carbonyl (C=O) groups is 1. The van der Waals surface area contributed by atoms with Crippen LogP contribution < -0.4 is 20.3 Å². The van der Waals surface area contributed by atoms with Gasteiger partial charge in [-0.2, -0.15) is 0 Å².